The molecule has 4 aliphatic rings. The highest BCUT2D eigenvalue weighted by atomic mass is 14.7. The molecule has 0 aromatic carbocycles. The largest absolute Gasteiger partial charge is 0.196 e. The Balaban J connectivity index is 2.34. The van der Waals surface area contributed by atoms with Crippen LogP contribution in [0.5, 0.6) is 0 Å². The Kier molecular flexibility index (Phi) is 2.19. The quantitative estimate of drug-likeness (QED) is 0.625. The molecular weight excluding hydrogens is 248 g/mol. The van der Waals surface area contributed by atoms with E-state index in [0.29, 0.717) is 0 Å². The zero-order chi connectivity index (χ0) is 14.7. The van der Waals surface area contributed by atoms with Crippen molar-refractivity contribution in [1.82, 2.24) is 0 Å². The van der Waals surface area contributed by atoms with Crippen LogP contribution in [0.1, 0.15) is 13.8 Å². The molecule has 4 rings (SSSR count). The lowest BCUT2D eigenvalue weighted by Crippen LogP contribution is -2.63. The summed E-state index contributed by atoms with van der Waals surface area (Å²) in [6.45, 7) is 4.04. The van der Waals surface area contributed by atoms with Gasteiger partial charge in [-0.25, -0.2) is 0 Å². The fraction of sp³-hybridized carbons (Fsp3) is 0.500. The summed E-state index contributed by atoms with van der Waals surface area (Å²) in [6.07, 6.45) is 3.75. The standard InChI is InChI=1S/C16H12N4/c1-9-10(2)14-12-4-3-11(13(9)14)15(5-17,6-18)16(12,7-19)8-20/h3-4,11-14H,1-2H3/t11-,12-,13-,14-/m1/s1. The van der Waals surface area contributed by atoms with E-state index < -0.39 is 10.8 Å². The molecule has 20 heavy (non-hydrogen) atoms. The van der Waals surface area contributed by atoms with Gasteiger partial charge in [-0.1, -0.05) is 23.3 Å². The van der Waals surface area contributed by atoms with Crippen LogP contribution in [0.15, 0.2) is 23.3 Å². The van der Waals surface area contributed by atoms with Crippen molar-refractivity contribution in [2.24, 2.45) is 34.5 Å². The molecular formula is C16H12N4. The minimum absolute atomic E-state index is 0.124. The lowest BCUT2D eigenvalue weighted by molar-refractivity contribution is -0.00582. The zero-order valence-corrected chi connectivity index (χ0v) is 11.3. The molecule has 1 saturated carbocycles. The minimum atomic E-state index is -1.57. The highest BCUT2D eigenvalue weighted by Gasteiger charge is 2.73. The van der Waals surface area contributed by atoms with E-state index in [4.69, 9.17) is 0 Å². The average molecular weight is 260 g/mol. The topological polar surface area (TPSA) is 95.2 Å². The summed E-state index contributed by atoms with van der Waals surface area (Å²) < 4.78 is 0. The van der Waals surface area contributed by atoms with Crippen molar-refractivity contribution in [2.45, 2.75) is 13.8 Å². The van der Waals surface area contributed by atoms with Gasteiger partial charge in [0.15, 0.2) is 10.8 Å². The Morgan fingerprint density at radius 3 is 1.30 bits per heavy atom. The summed E-state index contributed by atoms with van der Waals surface area (Å²) >= 11 is 0. The second kappa shape index (κ2) is 3.50. The van der Waals surface area contributed by atoms with E-state index in [0.717, 1.165) is 0 Å². The Morgan fingerprint density at radius 2 is 1.05 bits per heavy atom. The first-order chi connectivity index (χ1) is 9.54. The van der Waals surface area contributed by atoms with E-state index in [-0.39, 0.29) is 23.7 Å². The van der Waals surface area contributed by atoms with Gasteiger partial charge in [-0.05, 0) is 25.7 Å². The second-order valence-corrected chi connectivity index (χ2v) is 5.92. The van der Waals surface area contributed by atoms with Crippen LogP contribution >= 0.6 is 0 Å². The normalized spacial score (nSPS) is 37.7. The van der Waals surface area contributed by atoms with Crippen molar-refractivity contribution in [3.63, 3.8) is 0 Å². The molecule has 0 heterocycles. The van der Waals surface area contributed by atoms with Crippen LogP contribution in [-0.2, 0) is 0 Å². The number of nitrogens with zero attached hydrogens (tertiary/aromatic N) is 4. The molecule has 0 amide bonds. The first-order valence-corrected chi connectivity index (χ1v) is 6.55. The van der Waals surface area contributed by atoms with Crippen molar-refractivity contribution >= 4 is 0 Å². The molecule has 4 atom stereocenters. The smallest absolute Gasteiger partial charge is 0.182 e. The first-order valence-electron chi connectivity index (χ1n) is 6.55. The third-order valence-electron chi connectivity index (χ3n) is 5.64. The molecule has 1 fully saturated rings. The van der Waals surface area contributed by atoms with Gasteiger partial charge in [0.1, 0.15) is 0 Å². The summed E-state index contributed by atoms with van der Waals surface area (Å²) in [6, 6.07) is 8.13. The number of nitriles is 4. The van der Waals surface area contributed by atoms with Gasteiger partial charge < -0.3 is 0 Å². The number of allylic oxidation sites excluding steroid dienone is 4. The van der Waals surface area contributed by atoms with Crippen LogP contribution < -0.4 is 0 Å². The fourth-order valence-corrected chi connectivity index (χ4v) is 4.49. The minimum Gasteiger partial charge on any atom is -0.196 e. The second-order valence-electron chi connectivity index (χ2n) is 5.92. The van der Waals surface area contributed by atoms with E-state index >= 15 is 0 Å². The number of hydrogen-bond acceptors (Lipinski definition) is 4. The van der Waals surface area contributed by atoms with Gasteiger partial charge in [0.05, 0.1) is 24.3 Å². The van der Waals surface area contributed by atoms with Crippen LogP contribution in [-0.4, -0.2) is 0 Å². The van der Waals surface area contributed by atoms with Crippen LogP contribution in [0.3, 0.4) is 0 Å². The predicted octanol–water partition coefficient (Wildman–Crippen LogP) is 2.45. The van der Waals surface area contributed by atoms with Gasteiger partial charge in [0.2, 0.25) is 0 Å². The van der Waals surface area contributed by atoms with E-state index in [2.05, 4.69) is 0 Å². The van der Waals surface area contributed by atoms with Crippen molar-refractivity contribution in [2.75, 3.05) is 0 Å². The molecule has 4 heteroatoms. The Labute approximate surface area is 117 Å². The van der Waals surface area contributed by atoms with Gasteiger partial charge in [-0.15, -0.1) is 0 Å². The predicted molar refractivity (Wildman–Crippen MR) is 68.8 cm³/mol. The summed E-state index contributed by atoms with van der Waals surface area (Å²) in [5.74, 6) is -0.482. The van der Waals surface area contributed by atoms with E-state index in [9.17, 15) is 21.0 Å². The molecule has 0 radical (unpaired) electrons. The maximum Gasteiger partial charge on any atom is 0.182 e. The Bertz CT molecular complexity index is 638. The van der Waals surface area contributed by atoms with Gasteiger partial charge >= 0.3 is 0 Å². The molecule has 0 aliphatic heterocycles. The van der Waals surface area contributed by atoms with E-state index in [1.54, 1.807) is 0 Å². The maximum absolute atomic E-state index is 9.62. The third-order valence-corrected chi connectivity index (χ3v) is 5.64. The van der Waals surface area contributed by atoms with Crippen molar-refractivity contribution in [3.05, 3.63) is 23.3 Å². The van der Waals surface area contributed by atoms with E-state index in [1.165, 1.54) is 11.1 Å². The number of fused-ring (bicyclic) bond motifs is 1. The molecule has 0 unspecified atom stereocenters. The highest BCUT2D eigenvalue weighted by molar-refractivity contribution is 5.52. The molecule has 4 aliphatic carbocycles. The summed E-state index contributed by atoms with van der Waals surface area (Å²) in [4.78, 5) is 0. The van der Waals surface area contributed by atoms with Crippen molar-refractivity contribution in [3.8, 4) is 24.3 Å². The summed E-state index contributed by atoms with van der Waals surface area (Å²) in [7, 11) is 0. The third kappa shape index (κ3) is 0.911. The van der Waals surface area contributed by atoms with Crippen LogP contribution in [0.25, 0.3) is 0 Å². The lowest BCUT2D eigenvalue weighted by atomic mass is 9.36. The lowest BCUT2D eigenvalue weighted by Gasteiger charge is -2.61. The van der Waals surface area contributed by atoms with E-state index in [1.807, 2.05) is 50.3 Å². The van der Waals surface area contributed by atoms with Crippen molar-refractivity contribution in [1.29, 1.82) is 21.0 Å². The number of rotatable bonds is 0. The van der Waals surface area contributed by atoms with Crippen molar-refractivity contribution < 1.29 is 0 Å². The van der Waals surface area contributed by atoms with Gasteiger partial charge in [0, 0.05) is 11.8 Å². The summed E-state index contributed by atoms with van der Waals surface area (Å²) in [5.41, 5.74) is -0.736. The molecule has 0 aromatic heterocycles. The SMILES string of the molecule is CC1=C(C)[C@H]2[C@H]1[C@H]1C=C[C@H]2C(C#N)(C#N)C1(C#N)C#N. The summed E-state index contributed by atoms with van der Waals surface area (Å²) in [5, 5.41) is 38.5. The van der Waals surface area contributed by atoms with Gasteiger partial charge in [0.25, 0.3) is 0 Å². The highest BCUT2D eigenvalue weighted by Crippen LogP contribution is 2.69. The average Bonchev–Trinajstić information content (AvgIpc) is 2.52. The molecule has 96 valence electrons. The zero-order valence-electron chi connectivity index (χ0n) is 11.3. The molecule has 0 aromatic rings. The molecule has 0 saturated heterocycles. The monoisotopic (exact) mass is 260 g/mol. The Hall–Kier alpha value is -2.56. The maximum atomic E-state index is 9.62. The molecule has 2 bridgehead atoms. The first kappa shape index (κ1) is 12.5. The van der Waals surface area contributed by atoms with Crippen LogP contribution in [0, 0.1) is 79.8 Å². The Morgan fingerprint density at radius 1 is 0.750 bits per heavy atom. The van der Waals surface area contributed by atoms with Gasteiger partial charge in [-0.3, -0.25) is 0 Å². The van der Waals surface area contributed by atoms with Crippen LogP contribution in [0.2, 0.25) is 0 Å². The van der Waals surface area contributed by atoms with Crippen LogP contribution in [0.4, 0.5) is 0 Å². The molecule has 0 spiro atoms. The molecule has 4 nitrogen and oxygen atoms in total. The molecule has 0 N–H and O–H groups in total. The number of hydrogen-bond donors (Lipinski definition) is 0. The fourth-order valence-electron chi connectivity index (χ4n) is 4.49. The van der Waals surface area contributed by atoms with Gasteiger partial charge in [-0.2, -0.15) is 21.0 Å².